The molecule has 8 aromatic heterocycles. The minimum absolute atomic E-state index is 0.00801. The van der Waals surface area contributed by atoms with Gasteiger partial charge in [-0.05, 0) is 72.8 Å². The molecule has 0 aliphatic rings. The SMILES string of the molecule is COCCn1c(Cc2c(F)cc(-c3ccc(F)c(OCc4cnc(-n5ccnn5)cc4Cl)n3)c(F)c2F)nc2ccc(C(=O)O)cc21.COCCn1c(Cc2c(F)cc(-c3ccc(F)c(OCc4cnc(-n5ccnn5)cc4Cl)n3)c(F)c2F)nc2ccc(C(=O)O)cc21. The number of ether oxygens (including phenoxy) is 4. The van der Waals surface area contributed by atoms with Gasteiger partial charge in [0, 0.05) is 98.1 Å². The van der Waals surface area contributed by atoms with Gasteiger partial charge in [-0.25, -0.2) is 84.0 Å². The Morgan fingerprint density at radius 3 is 1.29 bits per heavy atom. The van der Waals surface area contributed by atoms with Crippen LogP contribution < -0.4 is 9.47 Å². The first-order valence-electron chi connectivity index (χ1n) is 27.7. The fourth-order valence-corrected chi connectivity index (χ4v) is 10.1. The van der Waals surface area contributed by atoms with Crippen molar-refractivity contribution in [3.05, 3.63) is 224 Å². The largest absolute Gasteiger partial charge is 0.478 e. The molecule has 0 fully saturated rings. The summed E-state index contributed by atoms with van der Waals surface area (Å²) >= 11 is 12.6. The number of imidazole rings is 2. The van der Waals surface area contributed by atoms with E-state index in [-0.39, 0.29) is 83.7 Å². The van der Waals surface area contributed by atoms with Crippen molar-refractivity contribution in [1.29, 1.82) is 0 Å². The number of halogens is 10. The van der Waals surface area contributed by atoms with Crippen LogP contribution in [0.1, 0.15) is 54.6 Å². The van der Waals surface area contributed by atoms with Gasteiger partial charge >= 0.3 is 11.9 Å². The number of aromatic carboxylic acids is 2. The molecule has 12 aromatic rings. The summed E-state index contributed by atoms with van der Waals surface area (Å²) in [7, 11) is 2.92. The number of rotatable bonds is 22. The van der Waals surface area contributed by atoms with Gasteiger partial charge in [0.2, 0.25) is 0 Å². The van der Waals surface area contributed by atoms with Crippen molar-refractivity contribution in [3.63, 3.8) is 0 Å². The molecule has 0 amide bonds. The minimum Gasteiger partial charge on any atom is -0.478 e. The number of pyridine rings is 4. The van der Waals surface area contributed by atoms with Gasteiger partial charge in [0.05, 0.1) is 92.6 Å². The fourth-order valence-electron chi connectivity index (χ4n) is 9.69. The van der Waals surface area contributed by atoms with Crippen LogP contribution in [0.3, 0.4) is 0 Å². The van der Waals surface area contributed by atoms with Crippen LogP contribution in [-0.4, -0.2) is 119 Å². The first-order valence-corrected chi connectivity index (χ1v) is 28.4. The number of methoxy groups -OCH3 is 2. The van der Waals surface area contributed by atoms with Crippen molar-refractivity contribution in [3.8, 4) is 45.9 Å². The number of hydrogen-bond acceptors (Lipinski definition) is 16. The van der Waals surface area contributed by atoms with E-state index in [0.717, 1.165) is 36.4 Å². The maximum absolute atomic E-state index is 15.5. The summed E-state index contributed by atoms with van der Waals surface area (Å²) in [6.07, 6.45) is 7.89. The van der Waals surface area contributed by atoms with Gasteiger partial charge < -0.3 is 38.3 Å². The highest BCUT2D eigenvalue weighted by molar-refractivity contribution is 6.31. The average molecular weight is 1340 g/mol. The van der Waals surface area contributed by atoms with Gasteiger partial charge in [0.25, 0.3) is 11.8 Å². The van der Waals surface area contributed by atoms with Gasteiger partial charge in [0.15, 0.2) is 46.5 Å². The highest BCUT2D eigenvalue weighted by Crippen LogP contribution is 2.35. The second-order valence-corrected chi connectivity index (χ2v) is 21.1. The predicted octanol–water partition coefficient (Wildman–Crippen LogP) is 11.6. The number of carboxylic acids is 2. The van der Waals surface area contributed by atoms with Crippen LogP contribution in [0.5, 0.6) is 11.8 Å². The number of nitrogens with zero attached hydrogens (tertiary/aromatic N) is 14. The monoisotopic (exact) mass is 1330 g/mol. The van der Waals surface area contributed by atoms with Gasteiger partial charge in [-0.2, -0.15) is 0 Å². The molecule has 12 rings (SSSR count). The lowest BCUT2D eigenvalue weighted by Gasteiger charge is -2.13. The van der Waals surface area contributed by atoms with E-state index in [0.29, 0.717) is 44.8 Å². The van der Waals surface area contributed by atoms with E-state index in [1.807, 2.05) is 0 Å². The van der Waals surface area contributed by atoms with Crippen LogP contribution >= 0.6 is 23.2 Å². The topological polar surface area (TPSA) is 260 Å². The lowest BCUT2D eigenvalue weighted by molar-refractivity contribution is 0.0686. The number of carboxylic acid groups (broad SMARTS) is 2. The molecular formula is C62H44Cl2F8N14O8. The van der Waals surface area contributed by atoms with Crippen LogP contribution in [-0.2, 0) is 48.6 Å². The van der Waals surface area contributed by atoms with Gasteiger partial charge in [-0.3, -0.25) is 0 Å². The number of fused-ring (bicyclic) bond motifs is 2. The van der Waals surface area contributed by atoms with Crippen LogP contribution in [0.15, 0.2) is 122 Å². The third-order valence-electron chi connectivity index (χ3n) is 14.4. The van der Waals surface area contributed by atoms with E-state index in [1.54, 1.807) is 21.5 Å². The van der Waals surface area contributed by atoms with Crippen molar-refractivity contribution >= 4 is 57.2 Å². The Morgan fingerprint density at radius 1 is 0.511 bits per heavy atom. The Kier molecular flexibility index (Phi) is 19.2. The predicted molar refractivity (Wildman–Crippen MR) is 319 cm³/mol. The smallest absolute Gasteiger partial charge is 0.335 e. The quantitative estimate of drug-likeness (QED) is 0.0472. The van der Waals surface area contributed by atoms with E-state index in [4.69, 9.17) is 42.1 Å². The molecule has 22 nitrogen and oxygen atoms in total. The van der Waals surface area contributed by atoms with Crippen LogP contribution in [0.25, 0.3) is 56.2 Å². The zero-order valence-electron chi connectivity index (χ0n) is 48.6. The summed E-state index contributed by atoms with van der Waals surface area (Å²) in [5.41, 5.74) is -0.659. The molecular weight excluding hydrogens is 1290 g/mol. The summed E-state index contributed by atoms with van der Waals surface area (Å²) in [6.45, 7) is 0.185. The molecule has 480 valence electrons. The zero-order chi connectivity index (χ0) is 66.5. The van der Waals surface area contributed by atoms with Crippen molar-refractivity contribution in [1.82, 2.24) is 69.0 Å². The molecule has 2 N–H and O–H groups in total. The summed E-state index contributed by atoms with van der Waals surface area (Å²) in [4.78, 5) is 48.2. The molecule has 0 aliphatic heterocycles. The fraction of sp³-hybridized carbons (Fsp3) is 0.161. The molecule has 0 spiro atoms. The zero-order valence-corrected chi connectivity index (χ0v) is 50.1. The number of hydrogen-bond donors (Lipinski definition) is 2. The lowest BCUT2D eigenvalue weighted by atomic mass is 10.0. The Labute approximate surface area is 534 Å². The van der Waals surface area contributed by atoms with Gasteiger partial charge in [0.1, 0.15) is 36.5 Å². The maximum Gasteiger partial charge on any atom is 0.335 e. The first-order chi connectivity index (χ1) is 45.3. The Balaban J connectivity index is 0.000000192. The molecule has 4 aromatic carbocycles. The van der Waals surface area contributed by atoms with Crippen LogP contribution in [0.4, 0.5) is 35.1 Å². The summed E-state index contributed by atoms with van der Waals surface area (Å²) in [6, 6.07) is 16.9. The van der Waals surface area contributed by atoms with Crippen molar-refractivity contribution in [2.45, 2.75) is 39.1 Å². The maximum atomic E-state index is 15.5. The molecule has 0 saturated heterocycles. The van der Waals surface area contributed by atoms with E-state index in [2.05, 4.69) is 50.5 Å². The highest BCUT2D eigenvalue weighted by Gasteiger charge is 2.27. The number of aromatic nitrogens is 14. The van der Waals surface area contributed by atoms with E-state index in [1.165, 1.54) is 96.9 Å². The third kappa shape index (κ3) is 13.7. The standard InChI is InChI=1S/2C31H22ClF4N7O4/c2*1-46-9-8-42-25-10-16(31(44)45)2-4-24(25)39-27(42)12-18-22(34)11-19(29(36)28(18)35)23-5-3-21(33)30(40-23)47-15-17-14-37-26(13-20(17)32)43-7-6-38-41-43/h2*2-7,10-11,13-14H,8-9,12,15H2,1H3,(H,44,45). The first kappa shape index (κ1) is 64.7. The van der Waals surface area contributed by atoms with E-state index >= 15 is 26.3 Å². The molecule has 0 aliphatic carbocycles. The lowest BCUT2D eigenvalue weighted by Crippen LogP contribution is -2.11. The van der Waals surface area contributed by atoms with Crippen molar-refractivity contribution in [2.75, 3.05) is 27.4 Å². The molecule has 94 heavy (non-hydrogen) atoms. The Hall–Kier alpha value is -10.8. The Bertz CT molecular complexity index is 4550. The number of benzene rings is 4. The molecule has 0 bridgehead atoms. The third-order valence-corrected chi connectivity index (χ3v) is 15.1. The van der Waals surface area contributed by atoms with Gasteiger partial charge in [-0.15, -0.1) is 10.2 Å². The van der Waals surface area contributed by atoms with Crippen LogP contribution in [0, 0.1) is 46.5 Å². The Morgan fingerprint density at radius 2 is 0.926 bits per heavy atom. The number of carbonyl (C=O) groups is 2. The second kappa shape index (κ2) is 28.0. The summed E-state index contributed by atoms with van der Waals surface area (Å²) in [5.74, 6) is -12.2. The minimum atomic E-state index is -1.49. The second-order valence-electron chi connectivity index (χ2n) is 20.2. The van der Waals surface area contributed by atoms with E-state index < -0.39 is 105 Å². The van der Waals surface area contributed by atoms with Gasteiger partial charge in [-0.1, -0.05) is 33.6 Å². The van der Waals surface area contributed by atoms with Crippen molar-refractivity contribution < 1.29 is 73.9 Å². The van der Waals surface area contributed by atoms with Crippen LogP contribution in [0.2, 0.25) is 10.0 Å². The average Bonchev–Trinajstić information content (AvgIpc) is 1.30. The normalized spacial score (nSPS) is 11.4. The molecule has 0 atom stereocenters. The van der Waals surface area contributed by atoms with Crippen molar-refractivity contribution in [2.24, 2.45) is 0 Å². The summed E-state index contributed by atoms with van der Waals surface area (Å²) < 4.78 is 149. The molecule has 8 heterocycles. The molecule has 0 unspecified atom stereocenters. The van der Waals surface area contributed by atoms with E-state index in [9.17, 15) is 28.6 Å². The summed E-state index contributed by atoms with van der Waals surface area (Å²) in [5, 5.41) is 34.3. The molecule has 0 saturated carbocycles. The molecule has 0 radical (unpaired) electrons. The highest BCUT2D eigenvalue weighted by atomic mass is 35.5. The molecule has 32 heteroatoms.